The molecule has 4 amide bonds. The fraction of sp³-hybridized carbons (Fsp3) is 0.571. The van der Waals surface area contributed by atoms with Gasteiger partial charge in [-0.05, 0) is 49.8 Å². The smallest absolute Gasteiger partial charge is 0.325 e. The van der Waals surface area contributed by atoms with Gasteiger partial charge >= 0.3 is 6.03 Å². The van der Waals surface area contributed by atoms with E-state index in [9.17, 15) is 14.4 Å². The summed E-state index contributed by atoms with van der Waals surface area (Å²) in [6.45, 7) is 0.514. The molecule has 2 saturated heterocycles. The minimum absolute atomic E-state index is 0.0992. The van der Waals surface area contributed by atoms with Crippen molar-refractivity contribution in [1.29, 1.82) is 0 Å². The van der Waals surface area contributed by atoms with Crippen molar-refractivity contribution in [3.05, 3.63) is 29.8 Å². The summed E-state index contributed by atoms with van der Waals surface area (Å²) in [7, 11) is 1.64. The summed E-state index contributed by atoms with van der Waals surface area (Å²) in [5.41, 5.74) is 0.385. The highest BCUT2D eigenvalue weighted by Crippen LogP contribution is 2.35. The molecule has 0 unspecified atom stereocenters. The Hall–Kier alpha value is -2.57. The largest absolute Gasteiger partial charge is 0.497 e. The molecule has 2 heterocycles. The number of likely N-dealkylation sites (tertiary alicyclic amines) is 1. The van der Waals surface area contributed by atoms with Gasteiger partial charge in [-0.3, -0.25) is 14.5 Å². The van der Waals surface area contributed by atoms with E-state index < -0.39 is 11.6 Å². The number of amides is 4. The first-order chi connectivity index (χ1) is 13.5. The third-order valence-electron chi connectivity index (χ3n) is 6.32. The normalized spacial score (nSPS) is 23.5. The first kappa shape index (κ1) is 18.8. The standard InChI is InChI=1S/C21H27N3O4/c1-28-17-8-6-15(7-9-17)13-16-5-4-12-23(16)18(25)14-24-19(26)21(22-20(24)27)10-2-3-11-21/h6-9,16H,2-5,10-14H2,1H3,(H,22,27)/t16-/m1/s1. The quantitative estimate of drug-likeness (QED) is 0.788. The zero-order valence-corrected chi connectivity index (χ0v) is 16.3. The van der Waals surface area contributed by atoms with Crippen molar-refractivity contribution in [3.63, 3.8) is 0 Å². The van der Waals surface area contributed by atoms with E-state index in [2.05, 4.69) is 5.32 Å². The van der Waals surface area contributed by atoms with Crippen LogP contribution >= 0.6 is 0 Å². The molecule has 7 heteroatoms. The topological polar surface area (TPSA) is 79.0 Å². The molecule has 1 N–H and O–H groups in total. The Morgan fingerprint density at radius 1 is 1.18 bits per heavy atom. The second kappa shape index (κ2) is 7.45. The number of carbonyl (C=O) groups excluding carboxylic acids is 3. The van der Waals surface area contributed by atoms with Gasteiger partial charge in [0.05, 0.1) is 7.11 Å². The molecule has 3 fully saturated rings. The summed E-state index contributed by atoms with van der Waals surface area (Å²) in [6.07, 6.45) is 5.85. The van der Waals surface area contributed by atoms with Gasteiger partial charge in [0.15, 0.2) is 0 Å². The lowest BCUT2D eigenvalue weighted by molar-refractivity contribution is -0.139. The molecule has 0 radical (unpaired) electrons. The van der Waals surface area contributed by atoms with Crippen LogP contribution in [0.3, 0.4) is 0 Å². The zero-order valence-electron chi connectivity index (χ0n) is 16.3. The summed E-state index contributed by atoms with van der Waals surface area (Å²) >= 11 is 0. The Balaban J connectivity index is 1.40. The molecule has 0 aromatic heterocycles. The maximum atomic E-state index is 12.9. The molecule has 3 aliphatic rings. The number of hydrogen-bond acceptors (Lipinski definition) is 4. The number of ether oxygens (including phenoxy) is 1. The summed E-state index contributed by atoms with van der Waals surface area (Å²) in [6, 6.07) is 7.55. The number of urea groups is 1. The van der Waals surface area contributed by atoms with Gasteiger partial charge in [0.1, 0.15) is 17.8 Å². The van der Waals surface area contributed by atoms with Crippen LogP contribution in [0.25, 0.3) is 0 Å². The number of methoxy groups -OCH3 is 1. The van der Waals surface area contributed by atoms with Crippen molar-refractivity contribution in [2.75, 3.05) is 20.2 Å². The SMILES string of the molecule is COc1ccc(C[C@H]2CCCN2C(=O)CN2C(=O)NC3(CCCC3)C2=O)cc1. The molecule has 4 rings (SSSR count). The van der Waals surface area contributed by atoms with Crippen LogP contribution in [0.2, 0.25) is 0 Å². The number of carbonyl (C=O) groups is 3. The van der Waals surface area contributed by atoms with Crippen LogP contribution in [0.5, 0.6) is 5.75 Å². The lowest BCUT2D eigenvalue weighted by Crippen LogP contribution is -2.47. The van der Waals surface area contributed by atoms with Gasteiger partial charge in [0.25, 0.3) is 5.91 Å². The summed E-state index contributed by atoms with van der Waals surface area (Å²) in [5.74, 6) is 0.436. The maximum Gasteiger partial charge on any atom is 0.325 e. The molecule has 1 aromatic rings. The van der Waals surface area contributed by atoms with Crippen LogP contribution in [0.1, 0.15) is 44.1 Å². The summed E-state index contributed by atoms with van der Waals surface area (Å²) in [4.78, 5) is 41.0. The second-order valence-electron chi connectivity index (χ2n) is 8.05. The van der Waals surface area contributed by atoms with Gasteiger partial charge in [-0.15, -0.1) is 0 Å². The van der Waals surface area contributed by atoms with E-state index in [0.717, 1.165) is 48.3 Å². The number of nitrogens with zero attached hydrogens (tertiary/aromatic N) is 2. The fourth-order valence-electron chi connectivity index (χ4n) is 4.77. The number of imide groups is 1. The predicted octanol–water partition coefficient (Wildman–Crippen LogP) is 2.09. The average molecular weight is 385 g/mol. The van der Waals surface area contributed by atoms with E-state index in [4.69, 9.17) is 4.74 Å². The third-order valence-corrected chi connectivity index (χ3v) is 6.32. The fourth-order valence-corrected chi connectivity index (χ4v) is 4.77. The van der Waals surface area contributed by atoms with Crippen molar-refractivity contribution in [2.24, 2.45) is 0 Å². The minimum atomic E-state index is -0.759. The van der Waals surface area contributed by atoms with Crippen LogP contribution in [-0.2, 0) is 16.0 Å². The van der Waals surface area contributed by atoms with Crippen molar-refractivity contribution in [1.82, 2.24) is 15.1 Å². The van der Waals surface area contributed by atoms with E-state index in [1.807, 2.05) is 29.2 Å². The number of benzene rings is 1. The van der Waals surface area contributed by atoms with Gasteiger partial charge in [0.2, 0.25) is 5.91 Å². The highest BCUT2D eigenvalue weighted by atomic mass is 16.5. The maximum absolute atomic E-state index is 12.9. The Morgan fingerprint density at radius 3 is 2.57 bits per heavy atom. The molecule has 28 heavy (non-hydrogen) atoms. The van der Waals surface area contributed by atoms with Crippen LogP contribution in [0, 0.1) is 0 Å². The number of hydrogen-bond donors (Lipinski definition) is 1. The highest BCUT2D eigenvalue weighted by molar-refractivity contribution is 6.09. The molecule has 1 aliphatic carbocycles. The molecule has 7 nitrogen and oxygen atoms in total. The van der Waals surface area contributed by atoms with Crippen molar-refractivity contribution < 1.29 is 19.1 Å². The lowest BCUT2D eigenvalue weighted by atomic mass is 9.98. The van der Waals surface area contributed by atoms with E-state index in [-0.39, 0.29) is 24.4 Å². The van der Waals surface area contributed by atoms with Crippen LogP contribution < -0.4 is 10.1 Å². The lowest BCUT2D eigenvalue weighted by Gasteiger charge is -2.27. The molecule has 150 valence electrons. The zero-order chi connectivity index (χ0) is 19.7. The van der Waals surface area contributed by atoms with Gasteiger partial charge in [-0.25, -0.2) is 4.79 Å². The van der Waals surface area contributed by atoms with E-state index >= 15 is 0 Å². The van der Waals surface area contributed by atoms with Gasteiger partial charge in [-0.2, -0.15) is 0 Å². The van der Waals surface area contributed by atoms with Gasteiger partial charge in [0, 0.05) is 12.6 Å². The molecule has 1 spiro atoms. The van der Waals surface area contributed by atoms with Gasteiger partial charge < -0.3 is 15.0 Å². The van der Waals surface area contributed by atoms with Gasteiger partial charge in [-0.1, -0.05) is 25.0 Å². The van der Waals surface area contributed by atoms with Crippen LogP contribution in [-0.4, -0.2) is 59.4 Å². The van der Waals surface area contributed by atoms with Crippen molar-refractivity contribution in [3.8, 4) is 5.75 Å². The third kappa shape index (κ3) is 3.34. The first-order valence-corrected chi connectivity index (χ1v) is 10.1. The Morgan fingerprint density at radius 2 is 1.89 bits per heavy atom. The van der Waals surface area contributed by atoms with Crippen molar-refractivity contribution in [2.45, 2.75) is 56.5 Å². The van der Waals surface area contributed by atoms with E-state index in [0.29, 0.717) is 19.4 Å². The summed E-state index contributed by atoms with van der Waals surface area (Å²) < 4.78 is 5.19. The minimum Gasteiger partial charge on any atom is -0.497 e. The molecule has 1 aromatic carbocycles. The van der Waals surface area contributed by atoms with Crippen LogP contribution in [0.4, 0.5) is 4.79 Å². The Labute approximate surface area is 165 Å². The van der Waals surface area contributed by atoms with Crippen LogP contribution in [0.15, 0.2) is 24.3 Å². The highest BCUT2D eigenvalue weighted by Gasteiger charge is 2.53. The molecule has 0 bridgehead atoms. The number of nitrogens with one attached hydrogen (secondary N) is 1. The summed E-state index contributed by atoms with van der Waals surface area (Å²) in [5, 5.41) is 2.84. The molecule has 2 aliphatic heterocycles. The van der Waals surface area contributed by atoms with E-state index in [1.165, 1.54) is 0 Å². The first-order valence-electron chi connectivity index (χ1n) is 10.1. The monoisotopic (exact) mass is 385 g/mol. The Kier molecular flexibility index (Phi) is 5.00. The molecule has 1 saturated carbocycles. The second-order valence-corrected chi connectivity index (χ2v) is 8.05. The molecular weight excluding hydrogens is 358 g/mol. The van der Waals surface area contributed by atoms with Crippen molar-refractivity contribution >= 4 is 17.8 Å². The number of rotatable bonds is 5. The van der Waals surface area contributed by atoms with E-state index in [1.54, 1.807) is 7.11 Å². The molecule has 1 atom stereocenters. The Bertz CT molecular complexity index is 770. The average Bonchev–Trinajstić information content (AvgIpc) is 3.40. The predicted molar refractivity (Wildman–Crippen MR) is 103 cm³/mol. The molecular formula is C21H27N3O4.